The maximum Gasteiger partial charge on any atom is 0.183 e. The Morgan fingerprint density at radius 2 is 2.40 bits per heavy atom. The summed E-state index contributed by atoms with van der Waals surface area (Å²) in [5, 5.41) is 10.6. The van der Waals surface area contributed by atoms with E-state index in [-0.39, 0.29) is 0 Å². The van der Waals surface area contributed by atoms with Crippen LogP contribution in [0.5, 0.6) is 0 Å². The molecule has 15 heavy (non-hydrogen) atoms. The van der Waals surface area contributed by atoms with Crippen molar-refractivity contribution >= 4 is 16.5 Å². The number of nitrogens with one attached hydrogen (secondary N) is 1. The molecule has 5 heteroatoms. The van der Waals surface area contributed by atoms with Crippen LogP contribution in [-0.4, -0.2) is 20.8 Å². The molecule has 0 aliphatic heterocycles. The Hall–Kier alpha value is -1.36. The van der Waals surface area contributed by atoms with E-state index in [1.54, 1.807) is 16.0 Å². The number of rotatable bonds is 3. The van der Waals surface area contributed by atoms with Crippen molar-refractivity contribution in [3.63, 3.8) is 0 Å². The summed E-state index contributed by atoms with van der Waals surface area (Å²) in [6.07, 6.45) is 6.38. The molecule has 1 fully saturated rings. The van der Waals surface area contributed by atoms with Crippen molar-refractivity contribution in [1.82, 2.24) is 14.8 Å². The lowest BCUT2D eigenvalue weighted by Gasteiger charge is -1.95. The van der Waals surface area contributed by atoms with Crippen LogP contribution >= 0.6 is 11.3 Å². The van der Waals surface area contributed by atoms with E-state index in [1.807, 2.05) is 19.4 Å². The Bertz CT molecular complexity index is 469. The summed E-state index contributed by atoms with van der Waals surface area (Å²) in [4.78, 5) is 4.53. The maximum atomic E-state index is 4.53. The van der Waals surface area contributed by atoms with Crippen LogP contribution in [0.3, 0.4) is 0 Å². The molecule has 2 aromatic rings. The van der Waals surface area contributed by atoms with E-state index in [2.05, 4.69) is 20.8 Å². The van der Waals surface area contributed by atoms with E-state index in [1.165, 1.54) is 12.8 Å². The average molecular weight is 220 g/mol. The zero-order chi connectivity index (χ0) is 10.3. The third-order valence-electron chi connectivity index (χ3n) is 2.41. The van der Waals surface area contributed by atoms with Gasteiger partial charge in [-0.1, -0.05) is 0 Å². The Labute approximate surface area is 92.0 Å². The number of anilines is 1. The zero-order valence-corrected chi connectivity index (χ0v) is 9.29. The lowest BCUT2D eigenvalue weighted by atomic mass is 10.3. The lowest BCUT2D eigenvalue weighted by Crippen LogP contribution is -1.99. The SMILES string of the molecule is Cn1cc(-c2csc(NC3CC3)n2)cn1. The fraction of sp³-hybridized carbons (Fsp3) is 0.400. The summed E-state index contributed by atoms with van der Waals surface area (Å²) in [6, 6.07) is 0.665. The minimum atomic E-state index is 0.665. The summed E-state index contributed by atoms with van der Waals surface area (Å²) < 4.78 is 1.79. The summed E-state index contributed by atoms with van der Waals surface area (Å²) in [5.74, 6) is 0. The molecule has 4 nitrogen and oxygen atoms in total. The Morgan fingerprint density at radius 1 is 1.53 bits per heavy atom. The number of hydrogen-bond donors (Lipinski definition) is 1. The van der Waals surface area contributed by atoms with Gasteiger partial charge in [-0.2, -0.15) is 5.10 Å². The highest BCUT2D eigenvalue weighted by atomic mass is 32.1. The van der Waals surface area contributed by atoms with Crippen molar-refractivity contribution in [1.29, 1.82) is 0 Å². The Balaban J connectivity index is 1.82. The molecule has 0 amide bonds. The van der Waals surface area contributed by atoms with Crippen molar-refractivity contribution < 1.29 is 0 Å². The molecular formula is C10H12N4S. The van der Waals surface area contributed by atoms with E-state index in [4.69, 9.17) is 0 Å². The molecule has 0 atom stereocenters. The van der Waals surface area contributed by atoms with Crippen molar-refractivity contribution in [3.8, 4) is 11.3 Å². The van der Waals surface area contributed by atoms with Gasteiger partial charge in [0.2, 0.25) is 0 Å². The third-order valence-corrected chi connectivity index (χ3v) is 3.18. The van der Waals surface area contributed by atoms with Crippen LogP contribution in [-0.2, 0) is 7.05 Å². The van der Waals surface area contributed by atoms with Crippen LogP contribution < -0.4 is 5.32 Å². The first-order chi connectivity index (χ1) is 7.31. The van der Waals surface area contributed by atoms with Crippen molar-refractivity contribution in [2.75, 3.05) is 5.32 Å². The molecule has 0 aromatic carbocycles. The quantitative estimate of drug-likeness (QED) is 0.861. The minimum absolute atomic E-state index is 0.665. The van der Waals surface area contributed by atoms with Crippen molar-refractivity contribution in [2.45, 2.75) is 18.9 Å². The molecule has 78 valence electrons. The number of nitrogens with zero attached hydrogens (tertiary/aromatic N) is 3. The number of aromatic nitrogens is 3. The second-order valence-electron chi connectivity index (χ2n) is 3.86. The van der Waals surface area contributed by atoms with Gasteiger partial charge in [-0.25, -0.2) is 4.98 Å². The molecule has 0 spiro atoms. The second-order valence-corrected chi connectivity index (χ2v) is 4.72. The highest BCUT2D eigenvalue weighted by Crippen LogP contribution is 2.29. The average Bonchev–Trinajstić information content (AvgIpc) is 2.74. The van der Waals surface area contributed by atoms with Crippen LogP contribution in [0.1, 0.15) is 12.8 Å². The molecule has 0 unspecified atom stereocenters. The van der Waals surface area contributed by atoms with Gasteiger partial charge in [0.25, 0.3) is 0 Å². The van der Waals surface area contributed by atoms with Gasteiger partial charge < -0.3 is 5.32 Å². The van der Waals surface area contributed by atoms with E-state index >= 15 is 0 Å². The first-order valence-electron chi connectivity index (χ1n) is 5.02. The van der Waals surface area contributed by atoms with Gasteiger partial charge in [0.05, 0.1) is 11.9 Å². The standard InChI is InChI=1S/C10H12N4S/c1-14-5-7(4-11-14)9-6-15-10(13-9)12-8-2-3-8/h4-6,8H,2-3H2,1H3,(H,12,13). The van der Waals surface area contributed by atoms with Gasteiger partial charge in [-0.3, -0.25) is 4.68 Å². The van der Waals surface area contributed by atoms with Crippen molar-refractivity contribution in [3.05, 3.63) is 17.8 Å². The zero-order valence-electron chi connectivity index (χ0n) is 8.47. The van der Waals surface area contributed by atoms with Gasteiger partial charge in [0.15, 0.2) is 5.13 Å². The summed E-state index contributed by atoms with van der Waals surface area (Å²) in [5.41, 5.74) is 2.09. The number of hydrogen-bond acceptors (Lipinski definition) is 4. The fourth-order valence-electron chi connectivity index (χ4n) is 1.43. The smallest absolute Gasteiger partial charge is 0.183 e. The molecule has 1 aliphatic carbocycles. The van der Waals surface area contributed by atoms with Gasteiger partial charge in [0.1, 0.15) is 0 Å². The van der Waals surface area contributed by atoms with Crippen LogP contribution in [0, 0.1) is 0 Å². The summed E-state index contributed by atoms with van der Waals surface area (Å²) in [6.45, 7) is 0. The first kappa shape index (κ1) is 8.91. The van der Waals surface area contributed by atoms with E-state index in [0.29, 0.717) is 6.04 Å². The minimum Gasteiger partial charge on any atom is -0.359 e. The fourth-order valence-corrected chi connectivity index (χ4v) is 2.23. The molecule has 0 saturated heterocycles. The summed E-state index contributed by atoms with van der Waals surface area (Å²) >= 11 is 1.66. The maximum absolute atomic E-state index is 4.53. The highest BCUT2D eigenvalue weighted by molar-refractivity contribution is 7.14. The molecular weight excluding hydrogens is 208 g/mol. The van der Waals surface area contributed by atoms with Crippen LogP contribution in [0.25, 0.3) is 11.3 Å². The highest BCUT2D eigenvalue weighted by Gasteiger charge is 2.22. The van der Waals surface area contributed by atoms with Crippen LogP contribution in [0.4, 0.5) is 5.13 Å². The van der Waals surface area contributed by atoms with Crippen LogP contribution in [0.15, 0.2) is 17.8 Å². The predicted molar refractivity (Wildman–Crippen MR) is 61.0 cm³/mol. The largest absolute Gasteiger partial charge is 0.359 e. The normalized spacial score (nSPS) is 15.5. The van der Waals surface area contributed by atoms with Gasteiger partial charge in [-0.05, 0) is 12.8 Å². The summed E-state index contributed by atoms with van der Waals surface area (Å²) in [7, 11) is 1.92. The molecule has 1 aliphatic rings. The van der Waals surface area contributed by atoms with Crippen molar-refractivity contribution in [2.24, 2.45) is 7.05 Å². The predicted octanol–water partition coefficient (Wildman–Crippen LogP) is 2.12. The molecule has 3 rings (SSSR count). The first-order valence-corrected chi connectivity index (χ1v) is 5.90. The van der Waals surface area contributed by atoms with Gasteiger partial charge >= 0.3 is 0 Å². The second kappa shape index (κ2) is 3.34. The van der Waals surface area contributed by atoms with Crippen LogP contribution in [0.2, 0.25) is 0 Å². The molecule has 1 N–H and O–H groups in total. The van der Waals surface area contributed by atoms with E-state index in [9.17, 15) is 0 Å². The van der Waals surface area contributed by atoms with Gasteiger partial charge in [-0.15, -0.1) is 11.3 Å². The van der Waals surface area contributed by atoms with Gasteiger partial charge in [0, 0.05) is 30.2 Å². The lowest BCUT2D eigenvalue weighted by molar-refractivity contribution is 0.768. The molecule has 1 saturated carbocycles. The Kier molecular flexibility index (Phi) is 1.98. The topological polar surface area (TPSA) is 42.7 Å². The molecule has 2 aromatic heterocycles. The number of thiazole rings is 1. The monoisotopic (exact) mass is 220 g/mol. The molecule has 0 bridgehead atoms. The number of aryl methyl sites for hydroxylation is 1. The molecule has 2 heterocycles. The van der Waals surface area contributed by atoms with E-state index < -0.39 is 0 Å². The third kappa shape index (κ3) is 1.87. The molecule has 0 radical (unpaired) electrons. The Morgan fingerprint density at radius 3 is 3.07 bits per heavy atom. The van der Waals surface area contributed by atoms with E-state index in [0.717, 1.165) is 16.4 Å².